The van der Waals surface area contributed by atoms with Crippen LogP contribution in [0.15, 0.2) is 54.6 Å². The number of fused-ring (bicyclic) bond motifs is 1. The average molecular weight is 282 g/mol. The molecule has 3 rings (SSSR count). The van der Waals surface area contributed by atoms with Crippen LogP contribution in [0.5, 0.6) is 5.75 Å². The lowest BCUT2D eigenvalue weighted by Crippen LogP contribution is -2.46. The summed E-state index contributed by atoms with van der Waals surface area (Å²) in [6.45, 7) is 1.88. The van der Waals surface area contributed by atoms with E-state index in [0.717, 1.165) is 0 Å². The van der Waals surface area contributed by atoms with Gasteiger partial charge in [-0.2, -0.15) is 0 Å². The minimum Gasteiger partial charge on any atom is -0.462 e. The molecule has 1 heterocycles. The highest BCUT2D eigenvalue weighted by Gasteiger charge is 2.56. The van der Waals surface area contributed by atoms with Gasteiger partial charge in [-0.05, 0) is 19.1 Å². The van der Waals surface area contributed by atoms with E-state index in [1.807, 2.05) is 6.07 Å². The van der Waals surface area contributed by atoms with Crippen molar-refractivity contribution in [1.29, 1.82) is 0 Å². The first-order valence-corrected chi connectivity index (χ1v) is 6.75. The molecular weight excluding hydrogens is 268 g/mol. The summed E-state index contributed by atoms with van der Waals surface area (Å²) in [5.41, 5.74) is -0.861. The molecule has 0 aliphatic carbocycles. The van der Waals surface area contributed by atoms with E-state index >= 15 is 0 Å². The zero-order valence-electron chi connectivity index (χ0n) is 11.5. The monoisotopic (exact) mass is 282 g/mol. The fourth-order valence-electron chi connectivity index (χ4n) is 2.49. The van der Waals surface area contributed by atoms with Gasteiger partial charge in [-0.15, -0.1) is 0 Å². The Hall–Kier alpha value is -2.62. The maximum atomic E-state index is 12.8. The number of ether oxygens (including phenoxy) is 2. The van der Waals surface area contributed by atoms with Crippen molar-refractivity contribution < 1.29 is 19.1 Å². The minimum absolute atomic E-state index is 0.181. The number of Topliss-reactive ketones (excluding diaryl/α,β-unsaturated/α-hetero) is 1. The fourth-order valence-corrected chi connectivity index (χ4v) is 2.49. The summed E-state index contributed by atoms with van der Waals surface area (Å²) in [4.78, 5) is 25.3. The fraction of sp³-hybridized carbons (Fsp3) is 0.176. The molecule has 1 aliphatic rings. The Morgan fingerprint density at radius 3 is 2.43 bits per heavy atom. The molecule has 4 nitrogen and oxygen atoms in total. The van der Waals surface area contributed by atoms with Gasteiger partial charge in [-0.1, -0.05) is 42.5 Å². The molecule has 0 saturated carbocycles. The van der Waals surface area contributed by atoms with E-state index < -0.39 is 11.6 Å². The first kappa shape index (κ1) is 13.4. The number of hydrogen-bond donors (Lipinski definition) is 0. The predicted molar refractivity (Wildman–Crippen MR) is 76.2 cm³/mol. The lowest BCUT2D eigenvalue weighted by atomic mass is 9.88. The summed E-state index contributed by atoms with van der Waals surface area (Å²) in [5.74, 6) is -0.667. The standard InChI is InChI=1S/C17H14O4/c1-2-20-16(19)17(12-8-4-3-5-9-12)15(18)13-10-6-7-11-14(13)21-17/h3-11H,2H2,1H3. The first-order chi connectivity index (χ1) is 10.2. The summed E-state index contributed by atoms with van der Waals surface area (Å²) in [6.07, 6.45) is 0. The highest BCUT2D eigenvalue weighted by atomic mass is 16.6. The van der Waals surface area contributed by atoms with E-state index in [1.54, 1.807) is 55.5 Å². The average Bonchev–Trinajstić information content (AvgIpc) is 2.83. The third-order valence-electron chi connectivity index (χ3n) is 3.46. The molecule has 2 aromatic rings. The number of esters is 1. The number of para-hydroxylation sites is 1. The number of carbonyl (C=O) groups excluding carboxylic acids is 2. The van der Waals surface area contributed by atoms with E-state index in [2.05, 4.69) is 0 Å². The van der Waals surface area contributed by atoms with E-state index in [9.17, 15) is 9.59 Å². The van der Waals surface area contributed by atoms with Gasteiger partial charge in [0.25, 0.3) is 5.60 Å². The Morgan fingerprint density at radius 2 is 1.76 bits per heavy atom. The Morgan fingerprint density at radius 1 is 1.10 bits per heavy atom. The number of rotatable bonds is 3. The molecule has 1 unspecified atom stereocenters. The normalized spacial score (nSPS) is 19.8. The van der Waals surface area contributed by atoms with Gasteiger partial charge < -0.3 is 9.47 Å². The van der Waals surface area contributed by atoms with Crippen LogP contribution < -0.4 is 4.74 Å². The van der Waals surface area contributed by atoms with Gasteiger partial charge in [0.15, 0.2) is 0 Å². The van der Waals surface area contributed by atoms with E-state index in [4.69, 9.17) is 9.47 Å². The second kappa shape index (κ2) is 5.05. The number of benzene rings is 2. The third kappa shape index (κ3) is 1.91. The van der Waals surface area contributed by atoms with Crippen molar-refractivity contribution in [3.63, 3.8) is 0 Å². The molecule has 0 aromatic heterocycles. The van der Waals surface area contributed by atoms with Crippen LogP contribution in [0.3, 0.4) is 0 Å². The number of hydrogen-bond acceptors (Lipinski definition) is 4. The molecule has 21 heavy (non-hydrogen) atoms. The van der Waals surface area contributed by atoms with Crippen LogP contribution >= 0.6 is 0 Å². The molecule has 0 spiro atoms. The molecule has 106 valence electrons. The Balaban J connectivity index is 2.17. The van der Waals surface area contributed by atoms with Crippen LogP contribution in [0.2, 0.25) is 0 Å². The second-order valence-electron chi connectivity index (χ2n) is 4.70. The summed E-state index contributed by atoms with van der Waals surface area (Å²) >= 11 is 0. The summed E-state index contributed by atoms with van der Waals surface area (Å²) in [5, 5.41) is 0. The van der Waals surface area contributed by atoms with Gasteiger partial charge in [0, 0.05) is 5.56 Å². The molecule has 2 aromatic carbocycles. The van der Waals surface area contributed by atoms with Crippen LogP contribution in [0, 0.1) is 0 Å². The van der Waals surface area contributed by atoms with Crippen LogP contribution in [0.25, 0.3) is 0 Å². The Bertz CT molecular complexity index is 693. The van der Waals surface area contributed by atoms with E-state index in [-0.39, 0.29) is 12.4 Å². The third-order valence-corrected chi connectivity index (χ3v) is 3.46. The lowest BCUT2D eigenvalue weighted by Gasteiger charge is -2.25. The van der Waals surface area contributed by atoms with Crippen LogP contribution in [0.4, 0.5) is 0 Å². The SMILES string of the molecule is CCOC(=O)C1(c2ccccc2)Oc2ccccc2C1=O. The molecule has 0 fully saturated rings. The summed E-state index contributed by atoms with van der Waals surface area (Å²) < 4.78 is 10.9. The van der Waals surface area contributed by atoms with E-state index in [1.165, 1.54) is 0 Å². The van der Waals surface area contributed by atoms with Crippen molar-refractivity contribution in [3.05, 3.63) is 65.7 Å². The van der Waals surface area contributed by atoms with Gasteiger partial charge in [0.2, 0.25) is 5.78 Å². The van der Waals surface area contributed by atoms with Crippen molar-refractivity contribution in [1.82, 2.24) is 0 Å². The topological polar surface area (TPSA) is 52.6 Å². The molecule has 0 saturated heterocycles. The molecule has 0 radical (unpaired) electrons. The van der Waals surface area contributed by atoms with Crippen molar-refractivity contribution in [2.24, 2.45) is 0 Å². The maximum Gasteiger partial charge on any atom is 0.363 e. The number of ketones is 1. The zero-order chi connectivity index (χ0) is 14.9. The van der Waals surface area contributed by atoms with Crippen molar-refractivity contribution >= 4 is 11.8 Å². The molecule has 1 atom stereocenters. The van der Waals surface area contributed by atoms with Gasteiger partial charge in [0.05, 0.1) is 12.2 Å². The van der Waals surface area contributed by atoms with Gasteiger partial charge in [-0.25, -0.2) is 4.79 Å². The molecule has 1 aliphatic heterocycles. The summed E-state index contributed by atoms with van der Waals surface area (Å²) in [6, 6.07) is 15.6. The highest BCUT2D eigenvalue weighted by molar-refractivity contribution is 6.19. The Labute approximate surface area is 122 Å². The van der Waals surface area contributed by atoms with Crippen molar-refractivity contribution in [3.8, 4) is 5.75 Å². The molecular formula is C17H14O4. The largest absolute Gasteiger partial charge is 0.462 e. The van der Waals surface area contributed by atoms with Crippen molar-refractivity contribution in [2.75, 3.05) is 6.61 Å². The predicted octanol–water partition coefficient (Wildman–Crippen LogP) is 2.72. The first-order valence-electron chi connectivity index (χ1n) is 6.75. The number of carbonyl (C=O) groups is 2. The maximum absolute atomic E-state index is 12.8. The molecule has 0 bridgehead atoms. The zero-order valence-corrected chi connectivity index (χ0v) is 11.5. The molecule has 4 heteroatoms. The second-order valence-corrected chi connectivity index (χ2v) is 4.70. The smallest absolute Gasteiger partial charge is 0.363 e. The minimum atomic E-state index is -1.74. The molecule has 0 amide bonds. The quantitative estimate of drug-likeness (QED) is 0.641. The molecule has 0 N–H and O–H groups in total. The van der Waals surface area contributed by atoms with Crippen LogP contribution in [-0.4, -0.2) is 18.4 Å². The van der Waals surface area contributed by atoms with Gasteiger partial charge >= 0.3 is 5.97 Å². The Kier molecular flexibility index (Phi) is 3.22. The highest BCUT2D eigenvalue weighted by Crippen LogP contribution is 2.42. The van der Waals surface area contributed by atoms with E-state index in [0.29, 0.717) is 16.9 Å². The van der Waals surface area contributed by atoms with Crippen molar-refractivity contribution in [2.45, 2.75) is 12.5 Å². The van der Waals surface area contributed by atoms with Gasteiger partial charge in [0.1, 0.15) is 5.75 Å². The van der Waals surface area contributed by atoms with Crippen LogP contribution in [-0.2, 0) is 15.1 Å². The van der Waals surface area contributed by atoms with Gasteiger partial charge in [-0.3, -0.25) is 4.79 Å². The van der Waals surface area contributed by atoms with Crippen LogP contribution in [0.1, 0.15) is 22.8 Å². The lowest BCUT2D eigenvalue weighted by molar-refractivity contribution is -0.157. The summed E-state index contributed by atoms with van der Waals surface area (Å²) in [7, 11) is 0.